The summed E-state index contributed by atoms with van der Waals surface area (Å²) in [6.45, 7) is 2.12. The van der Waals surface area contributed by atoms with E-state index in [0.717, 1.165) is 49.2 Å². The quantitative estimate of drug-likeness (QED) is 0.0845. The Morgan fingerprint density at radius 2 is 1.52 bits per heavy atom. The van der Waals surface area contributed by atoms with Crippen molar-refractivity contribution in [3.8, 4) is 11.1 Å². The number of nitrogens with zero attached hydrogens (tertiary/aromatic N) is 3. The van der Waals surface area contributed by atoms with Crippen molar-refractivity contribution in [3.05, 3.63) is 120 Å². The van der Waals surface area contributed by atoms with Crippen LogP contribution in [-0.4, -0.2) is 49.0 Å². The molecular formula is C38H45Cl2N5O3. The second-order valence-electron chi connectivity index (χ2n) is 11.8. The fourth-order valence-corrected chi connectivity index (χ4v) is 6.29. The van der Waals surface area contributed by atoms with Crippen molar-refractivity contribution in [3.63, 3.8) is 0 Å². The number of hydrogen-bond acceptors (Lipinski definition) is 5. The number of anilines is 1. The summed E-state index contributed by atoms with van der Waals surface area (Å²) >= 11 is 0. The van der Waals surface area contributed by atoms with Gasteiger partial charge in [0.1, 0.15) is 0 Å². The molecule has 0 spiro atoms. The summed E-state index contributed by atoms with van der Waals surface area (Å²) in [5.74, 6) is -0.610. The number of aliphatic imine (C=N–C) groups is 1. The summed E-state index contributed by atoms with van der Waals surface area (Å²) in [6, 6.07) is 37.1. The van der Waals surface area contributed by atoms with Crippen LogP contribution in [0.25, 0.3) is 11.1 Å². The lowest BCUT2D eigenvalue weighted by molar-refractivity contribution is -0.144. The molecule has 254 valence electrons. The molecule has 1 aliphatic rings. The first-order valence-corrected chi connectivity index (χ1v) is 15.9. The Bertz CT molecular complexity index is 1630. The molecule has 0 unspecified atom stereocenters. The molecule has 48 heavy (non-hydrogen) atoms. The normalized spacial score (nSPS) is 15.2. The van der Waals surface area contributed by atoms with Gasteiger partial charge in [0.15, 0.2) is 5.96 Å². The Morgan fingerprint density at radius 1 is 0.875 bits per heavy atom. The van der Waals surface area contributed by atoms with E-state index in [0.29, 0.717) is 18.7 Å². The maximum absolute atomic E-state index is 13.6. The van der Waals surface area contributed by atoms with Crippen LogP contribution in [0, 0.1) is 5.92 Å². The maximum Gasteiger partial charge on any atom is 0.306 e. The van der Waals surface area contributed by atoms with E-state index in [1.54, 1.807) is 0 Å². The third-order valence-corrected chi connectivity index (χ3v) is 8.58. The molecule has 4 aromatic carbocycles. The van der Waals surface area contributed by atoms with Gasteiger partial charge in [0, 0.05) is 31.4 Å². The molecule has 1 aliphatic heterocycles. The van der Waals surface area contributed by atoms with E-state index in [4.69, 9.17) is 16.2 Å². The molecule has 0 aliphatic carbocycles. The van der Waals surface area contributed by atoms with Crippen molar-refractivity contribution < 1.29 is 14.3 Å². The average Bonchev–Trinajstić information content (AvgIpc) is 3.36. The number of halogens is 2. The van der Waals surface area contributed by atoms with Crippen LogP contribution in [0.2, 0.25) is 0 Å². The number of rotatable bonds is 14. The average molecular weight is 691 g/mol. The van der Waals surface area contributed by atoms with Crippen molar-refractivity contribution in [2.75, 3.05) is 25.1 Å². The number of nitrogens with two attached hydrogens (primary N) is 2. The number of aryl methyl sites for hydroxylation is 1. The Kier molecular flexibility index (Phi) is 14.8. The van der Waals surface area contributed by atoms with Gasteiger partial charge in [-0.05, 0) is 72.2 Å². The summed E-state index contributed by atoms with van der Waals surface area (Å²) in [5.41, 5.74) is 17.6. The number of ether oxygens (including phenoxy) is 1. The predicted molar refractivity (Wildman–Crippen MR) is 199 cm³/mol. The largest absolute Gasteiger partial charge is 0.469 e. The lowest BCUT2D eigenvalue weighted by Gasteiger charge is -2.30. The number of methoxy groups -OCH3 is 1. The van der Waals surface area contributed by atoms with Crippen LogP contribution in [0.4, 0.5) is 11.4 Å². The second-order valence-corrected chi connectivity index (χ2v) is 11.8. The van der Waals surface area contributed by atoms with Gasteiger partial charge >= 0.3 is 5.97 Å². The molecular weight excluding hydrogens is 645 g/mol. The molecule has 1 amide bonds. The SMILES string of the molecule is COC(=O)C[C@@H]1C[C@@H](CCN(Cc2ccccc2)c2cccc(-c3cccc(N=C(N)N)c3)c2)N(CCCc2ccccc2)C1=O.Cl.Cl. The smallest absolute Gasteiger partial charge is 0.306 e. The number of likely N-dealkylation sites (tertiary alicyclic amines) is 1. The standard InChI is InChI=1S/C38H43N5O3.2ClH/c1-46-36(44)26-32-25-35(43(37(32)45)21-10-15-28-11-4-2-5-12-28)20-22-42(27-29-13-6-3-7-14-29)34-19-9-17-31(24-34)30-16-8-18-33(23-30)41-38(39)40;;/h2-9,11-14,16-19,23-24,32,35H,10,15,20-22,25-27H2,1H3,(H4,39,40,41);2*1H/t32-,35+;;/m0../s1. The van der Waals surface area contributed by atoms with Crippen LogP contribution in [0.1, 0.15) is 36.8 Å². The molecule has 10 heteroatoms. The van der Waals surface area contributed by atoms with E-state index in [9.17, 15) is 9.59 Å². The number of benzene rings is 4. The summed E-state index contributed by atoms with van der Waals surface area (Å²) in [7, 11) is 1.38. The zero-order valence-electron chi connectivity index (χ0n) is 27.2. The first kappa shape index (κ1) is 37.9. The highest BCUT2D eigenvalue weighted by atomic mass is 35.5. The molecule has 0 saturated carbocycles. The molecule has 1 fully saturated rings. The third-order valence-electron chi connectivity index (χ3n) is 8.58. The lowest BCUT2D eigenvalue weighted by Crippen LogP contribution is -2.37. The fraction of sp³-hybridized carbons (Fsp3) is 0.289. The van der Waals surface area contributed by atoms with Gasteiger partial charge in [-0.15, -0.1) is 24.8 Å². The van der Waals surface area contributed by atoms with Crippen molar-refractivity contribution in [2.45, 2.75) is 44.7 Å². The van der Waals surface area contributed by atoms with Gasteiger partial charge in [0.25, 0.3) is 0 Å². The van der Waals surface area contributed by atoms with Crippen LogP contribution in [0.15, 0.2) is 114 Å². The number of carbonyl (C=O) groups excluding carboxylic acids is 2. The molecule has 0 aromatic heterocycles. The summed E-state index contributed by atoms with van der Waals surface area (Å²) in [5, 5.41) is 0. The molecule has 4 aromatic rings. The van der Waals surface area contributed by atoms with Crippen molar-refractivity contribution >= 4 is 54.0 Å². The van der Waals surface area contributed by atoms with E-state index in [-0.39, 0.29) is 61.0 Å². The Labute approximate surface area is 296 Å². The highest BCUT2D eigenvalue weighted by molar-refractivity contribution is 5.86. The van der Waals surface area contributed by atoms with Crippen LogP contribution in [0.3, 0.4) is 0 Å². The van der Waals surface area contributed by atoms with Crippen LogP contribution in [0.5, 0.6) is 0 Å². The highest BCUT2D eigenvalue weighted by Crippen LogP contribution is 2.32. The van der Waals surface area contributed by atoms with Gasteiger partial charge in [0.2, 0.25) is 5.91 Å². The van der Waals surface area contributed by atoms with E-state index in [2.05, 4.69) is 70.6 Å². The topological polar surface area (TPSA) is 114 Å². The lowest BCUT2D eigenvalue weighted by atomic mass is 9.99. The van der Waals surface area contributed by atoms with Crippen LogP contribution < -0.4 is 16.4 Å². The van der Waals surface area contributed by atoms with Crippen LogP contribution in [-0.2, 0) is 27.3 Å². The predicted octanol–water partition coefficient (Wildman–Crippen LogP) is 6.91. The van der Waals surface area contributed by atoms with Gasteiger partial charge < -0.3 is 26.0 Å². The van der Waals surface area contributed by atoms with E-state index < -0.39 is 0 Å². The van der Waals surface area contributed by atoms with Crippen molar-refractivity contribution in [1.82, 2.24) is 4.90 Å². The minimum absolute atomic E-state index is 0. The van der Waals surface area contributed by atoms with E-state index in [1.165, 1.54) is 18.2 Å². The minimum Gasteiger partial charge on any atom is -0.469 e. The molecule has 2 atom stereocenters. The molecule has 0 bridgehead atoms. The second kappa shape index (κ2) is 18.7. The molecule has 5 rings (SSSR count). The summed E-state index contributed by atoms with van der Waals surface area (Å²) in [6.07, 6.45) is 3.32. The Hall–Kier alpha value is -4.53. The zero-order chi connectivity index (χ0) is 32.3. The van der Waals surface area contributed by atoms with Crippen molar-refractivity contribution in [1.29, 1.82) is 0 Å². The number of amides is 1. The first-order valence-electron chi connectivity index (χ1n) is 15.9. The molecule has 1 heterocycles. The third kappa shape index (κ3) is 10.5. The number of guanidine groups is 1. The van der Waals surface area contributed by atoms with Crippen LogP contribution >= 0.6 is 24.8 Å². The summed E-state index contributed by atoms with van der Waals surface area (Å²) in [4.78, 5) is 34.4. The Morgan fingerprint density at radius 3 is 2.19 bits per heavy atom. The molecule has 0 radical (unpaired) electrons. The van der Waals surface area contributed by atoms with Gasteiger partial charge in [0.05, 0.1) is 25.1 Å². The molecule has 1 saturated heterocycles. The monoisotopic (exact) mass is 689 g/mol. The van der Waals surface area contributed by atoms with E-state index in [1.807, 2.05) is 53.4 Å². The van der Waals surface area contributed by atoms with Gasteiger partial charge in [-0.2, -0.15) is 0 Å². The number of hydrogen-bond donors (Lipinski definition) is 2. The van der Waals surface area contributed by atoms with Gasteiger partial charge in [-0.3, -0.25) is 9.59 Å². The molecule has 4 N–H and O–H groups in total. The fourth-order valence-electron chi connectivity index (χ4n) is 6.29. The minimum atomic E-state index is -0.349. The molecule has 8 nitrogen and oxygen atoms in total. The van der Waals surface area contributed by atoms with E-state index >= 15 is 0 Å². The van der Waals surface area contributed by atoms with Gasteiger partial charge in [-0.25, -0.2) is 4.99 Å². The summed E-state index contributed by atoms with van der Waals surface area (Å²) < 4.78 is 4.93. The maximum atomic E-state index is 13.6. The highest BCUT2D eigenvalue weighted by Gasteiger charge is 2.40. The van der Waals surface area contributed by atoms with Gasteiger partial charge in [-0.1, -0.05) is 84.9 Å². The zero-order valence-corrected chi connectivity index (χ0v) is 28.9. The number of carbonyl (C=O) groups is 2. The number of esters is 1. The first-order chi connectivity index (χ1) is 22.4. The Balaban J connectivity index is 0.00000312. The van der Waals surface area contributed by atoms with Crippen molar-refractivity contribution in [2.24, 2.45) is 22.4 Å².